The molecule has 0 bridgehead atoms. The van der Waals surface area contributed by atoms with Gasteiger partial charge in [0.1, 0.15) is 11.3 Å². The topological polar surface area (TPSA) is 50.9 Å². The predicted molar refractivity (Wildman–Crippen MR) is 141 cm³/mol. The highest BCUT2D eigenvalue weighted by atomic mass is 35.5. The summed E-state index contributed by atoms with van der Waals surface area (Å²) in [5.41, 5.74) is 7.25. The first kappa shape index (κ1) is 21.2. The van der Waals surface area contributed by atoms with Gasteiger partial charge >= 0.3 is 0 Å². The summed E-state index contributed by atoms with van der Waals surface area (Å²) < 4.78 is 12.3. The van der Waals surface area contributed by atoms with Crippen molar-refractivity contribution in [3.63, 3.8) is 0 Å². The van der Waals surface area contributed by atoms with E-state index in [9.17, 15) is 0 Å². The maximum Gasteiger partial charge on any atom is 0.213 e. The SMILES string of the molecule is Cc1ccc(-c2onc3ccc([C@@H]4Oc5ccccc5[C@H]5CC(c6ccc(Cl)cc6)=NN54)cc23)cc1. The molecule has 0 saturated carbocycles. The van der Waals surface area contributed by atoms with Gasteiger partial charge in [-0.15, -0.1) is 0 Å². The molecule has 0 unspecified atom stereocenters. The number of hydrogen-bond acceptors (Lipinski definition) is 5. The molecule has 5 aromatic rings. The molecule has 0 N–H and O–H groups in total. The highest BCUT2D eigenvalue weighted by Gasteiger charge is 2.41. The number of rotatable bonds is 3. The van der Waals surface area contributed by atoms with Crippen LogP contribution in [0, 0.1) is 6.92 Å². The Bertz CT molecular complexity index is 1620. The zero-order valence-electron chi connectivity index (χ0n) is 19.6. The number of hydrazone groups is 1. The van der Waals surface area contributed by atoms with Crippen LogP contribution in [0.15, 0.2) is 101 Å². The van der Waals surface area contributed by atoms with E-state index in [4.69, 9.17) is 26.0 Å². The number of nitrogens with zero attached hydrogens (tertiary/aromatic N) is 3. The Morgan fingerprint density at radius 2 is 1.67 bits per heavy atom. The Morgan fingerprint density at radius 1 is 0.889 bits per heavy atom. The van der Waals surface area contributed by atoms with Gasteiger partial charge in [0, 0.05) is 28.1 Å². The van der Waals surface area contributed by atoms with E-state index in [1.54, 1.807) is 0 Å². The fourth-order valence-corrected chi connectivity index (χ4v) is 5.22. The molecule has 36 heavy (non-hydrogen) atoms. The van der Waals surface area contributed by atoms with E-state index in [-0.39, 0.29) is 12.3 Å². The molecule has 0 amide bonds. The van der Waals surface area contributed by atoms with Gasteiger partial charge in [0.15, 0.2) is 5.76 Å². The normalized spacial score (nSPS) is 18.5. The van der Waals surface area contributed by atoms with Crippen LogP contribution < -0.4 is 4.74 Å². The second-order valence-electron chi connectivity index (χ2n) is 9.32. The van der Waals surface area contributed by atoms with E-state index in [2.05, 4.69) is 65.6 Å². The Balaban J connectivity index is 1.33. The van der Waals surface area contributed by atoms with Gasteiger partial charge < -0.3 is 9.26 Å². The molecule has 2 aliphatic heterocycles. The van der Waals surface area contributed by atoms with Crippen LogP contribution in [0.3, 0.4) is 0 Å². The fourth-order valence-electron chi connectivity index (χ4n) is 5.10. The van der Waals surface area contributed by atoms with E-state index in [1.807, 2.05) is 42.5 Å². The minimum absolute atomic E-state index is 0.0837. The van der Waals surface area contributed by atoms with Crippen molar-refractivity contribution in [3.8, 4) is 17.1 Å². The molecule has 0 saturated heterocycles. The molecule has 176 valence electrons. The van der Waals surface area contributed by atoms with Crippen LogP contribution in [-0.4, -0.2) is 15.9 Å². The molecule has 7 rings (SSSR count). The zero-order chi connectivity index (χ0) is 24.2. The van der Waals surface area contributed by atoms with Crippen molar-refractivity contribution < 1.29 is 9.26 Å². The monoisotopic (exact) mass is 491 g/mol. The summed E-state index contributed by atoms with van der Waals surface area (Å²) >= 11 is 6.13. The average Bonchev–Trinajstić information content (AvgIpc) is 3.54. The minimum Gasteiger partial charge on any atom is -0.464 e. The average molecular weight is 492 g/mol. The van der Waals surface area contributed by atoms with E-state index in [0.717, 1.165) is 56.8 Å². The lowest BCUT2D eigenvalue weighted by molar-refractivity contribution is -0.0189. The molecule has 2 aliphatic rings. The van der Waals surface area contributed by atoms with Gasteiger partial charge in [-0.25, -0.2) is 5.01 Å². The number of ether oxygens (including phenoxy) is 1. The smallest absolute Gasteiger partial charge is 0.213 e. The zero-order valence-corrected chi connectivity index (χ0v) is 20.3. The summed E-state index contributed by atoms with van der Waals surface area (Å²) in [7, 11) is 0. The van der Waals surface area contributed by atoms with E-state index in [1.165, 1.54) is 5.56 Å². The lowest BCUT2D eigenvalue weighted by Crippen LogP contribution is -2.33. The summed E-state index contributed by atoms with van der Waals surface area (Å²) in [4.78, 5) is 0. The number of fused-ring (bicyclic) bond motifs is 4. The fraction of sp³-hybridized carbons (Fsp3) is 0.133. The van der Waals surface area contributed by atoms with Crippen LogP contribution in [0.2, 0.25) is 5.02 Å². The quantitative estimate of drug-likeness (QED) is 0.259. The van der Waals surface area contributed by atoms with Gasteiger partial charge in [-0.05, 0) is 42.8 Å². The number of aryl methyl sites for hydroxylation is 1. The summed E-state index contributed by atoms with van der Waals surface area (Å²) in [6, 6.07) is 30.6. The molecule has 0 radical (unpaired) electrons. The number of aromatic nitrogens is 1. The molecule has 5 nitrogen and oxygen atoms in total. The van der Waals surface area contributed by atoms with Gasteiger partial charge in [-0.2, -0.15) is 5.10 Å². The van der Waals surface area contributed by atoms with E-state index in [0.29, 0.717) is 5.02 Å². The van der Waals surface area contributed by atoms with Crippen molar-refractivity contribution in [2.75, 3.05) is 0 Å². The van der Waals surface area contributed by atoms with Crippen molar-refractivity contribution in [3.05, 3.63) is 118 Å². The molecular weight excluding hydrogens is 470 g/mol. The molecule has 0 aliphatic carbocycles. The highest BCUT2D eigenvalue weighted by Crippen LogP contribution is 2.48. The summed E-state index contributed by atoms with van der Waals surface area (Å²) in [6.07, 6.45) is 0.419. The number of para-hydroxylation sites is 1. The molecule has 6 heteroatoms. The molecule has 2 atom stereocenters. The van der Waals surface area contributed by atoms with Gasteiger partial charge in [-0.1, -0.05) is 83.0 Å². The third-order valence-electron chi connectivity index (χ3n) is 6.98. The maximum absolute atomic E-state index is 6.57. The number of halogens is 1. The van der Waals surface area contributed by atoms with Crippen molar-refractivity contribution in [1.29, 1.82) is 0 Å². The molecule has 0 fully saturated rings. The number of hydrogen-bond donors (Lipinski definition) is 0. The second kappa shape index (κ2) is 8.25. The molecule has 1 aromatic heterocycles. The van der Waals surface area contributed by atoms with E-state index < -0.39 is 0 Å². The molecule has 0 spiro atoms. The lowest BCUT2D eigenvalue weighted by atomic mass is 9.95. The Hall–Kier alpha value is -4.09. The summed E-state index contributed by atoms with van der Waals surface area (Å²) in [6.45, 7) is 2.07. The van der Waals surface area contributed by atoms with Crippen molar-refractivity contribution >= 4 is 28.2 Å². The first-order valence-corrected chi connectivity index (χ1v) is 12.4. The van der Waals surface area contributed by atoms with E-state index >= 15 is 0 Å². The molecular formula is C30H22ClN3O2. The van der Waals surface area contributed by atoms with Crippen LogP contribution in [0.1, 0.15) is 40.9 Å². The summed E-state index contributed by atoms with van der Waals surface area (Å²) in [5.74, 6) is 1.65. The van der Waals surface area contributed by atoms with Crippen molar-refractivity contribution in [1.82, 2.24) is 10.2 Å². The number of benzene rings is 4. The van der Waals surface area contributed by atoms with Gasteiger partial charge in [0.05, 0.1) is 17.1 Å². The summed E-state index contributed by atoms with van der Waals surface area (Å²) in [5, 5.41) is 13.1. The molecule has 3 heterocycles. The van der Waals surface area contributed by atoms with Crippen LogP contribution >= 0.6 is 11.6 Å². The largest absolute Gasteiger partial charge is 0.464 e. The Kier molecular flexibility index (Phi) is 4.86. The van der Waals surface area contributed by atoms with Crippen LogP contribution in [0.5, 0.6) is 5.75 Å². The minimum atomic E-state index is -0.375. The Labute approximate surface area is 213 Å². The third-order valence-corrected chi connectivity index (χ3v) is 7.23. The Morgan fingerprint density at radius 3 is 2.50 bits per heavy atom. The van der Waals surface area contributed by atoms with Crippen LogP contribution in [0.4, 0.5) is 0 Å². The standard InChI is InChI=1S/C30H22ClN3O2/c1-18-6-8-20(9-7-18)29-24-16-21(12-15-25(24)33-36-29)30-34-27(23-4-2-3-5-28(23)35-30)17-26(32-34)19-10-13-22(31)14-11-19/h2-16,27,30H,17H2,1H3/t27-,30+/m1/s1. The van der Waals surface area contributed by atoms with Gasteiger partial charge in [0.2, 0.25) is 6.23 Å². The first-order valence-electron chi connectivity index (χ1n) is 12.0. The first-order chi connectivity index (χ1) is 17.6. The third kappa shape index (κ3) is 3.47. The lowest BCUT2D eigenvalue weighted by Gasteiger charge is -2.38. The predicted octanol–water partition coefficient (Wildman–Crippen LogP) is 7.70. The van der Waals surface area contributed by atoms with Gasteiger partial charge in [0.25, 0.3) is 0 Å². The van der Waals surface area contributed by atoms with Crippen LogP contribution in [-0.2, 0) is 0 Å². The van der Waals surface area contributed by atoms with Gasteiger partial charge in [-0.3, -0.25) is 0 Å². The van der Waals surface area contributed by atoms with Crippen molar-refractivity contribution in [2.45, 2.75) is 25.6 Å². The highest BCUT2D eigenvalue weighted by molar-refractivity contribution is 6.30. The van der Waals surface area contributed by atoms with Crippen LogP contribution in [0.25, 0.3) is 22.2 Å². The molecule has 4 aromatic carbocycles. The van der Waals surface area contributed by atoms with Crippen molar-refractivity contribution in [2.24, 2.45) is 5.10 Å². The maximum atomic E-state index is 6.57. The second-order valence-corrected chi connectivity index (χ2v) is 9.75.